The molecule has 0 spiro atoms. The summed E-state index contributed by atoms with van der Waals surface area (Å²) in [6.07, 6.45) is 0. The monoisotopic (exact) mass is 348 g/mol. The highest BCUT2D eigenvalue weighted by atomic mass is 79.9. The second kappa shape index (κ2) is 5.22. The number of anilines is 2. The number of halogens is 4. The van der Waals surface area contributed by atoms with E-state index in [-0.39, 0.29) is 27.9 Å². The van der Waals surface area contributed by atoms with Gasteiger partial charge in [-0.05, 0) is 24.3 Å². The predicted octanol–water partition coefficient (Wildman–Crippen LogP) is 4.34. The third-order valence-electron chi connectivity index (χ3n) is 2.32. The summed E-state index contributed by atoms with van der Waals surface area (Å²) >= 11 is 8.75. The Morgan fingerprint density at radius 1 is 1.11 bits per heavy atom. The zero-order valence-corrected chi connectivity index (χ0v) is 11.7. The lowest BCUT2D eigenvalue weighted by atomic mass is 10.2. The average molecular weight is 350 g/mol. The van der Waals surface area contributed by atoms with Gasteiger partial charge in [-0.1, -0.05) is 27.5 Å². The van der Waals surface area contributed by atoms with Crippen molar-refractivity contribution in [3.8, 4) is 11.5 Å². The molecule has 7 heteroatoms. The SMILES string of the molecule is Nc1cc(N)c(Oc2ccc(Br)cc2F)c(F)c1Cl. The van der Waals surface area contributed by atoms with Crippen molar-refractivity contribution in [2.24, 2.45) is 0 Å². The normalized spacial score (nSPS) is 10.5. The maximum Gasteiger partial charge on any atom is 0.188 e. The molecule has 0 unspecified atom stereocenters. The number of nitrogen functional groups attached to an aromatic ring is 2. The third kappa shape index (κ3) is 2.74. The van der Waals surface area contributed by atoms with Crippen molar-refractivity contribution in [1.82, 2.24) is 0 Å². The Kier molecular flexibility index (Phi) is 3.82. The number of benzene rings is 2. The zero-order valence-electron chi connectivity index (χ0n) is 9.38. The first kappa shape index (κ1) is 13.9. The van der Waals surface area contributed by atoms with Crippen molar-refractivity contribution in [3.63, 3.8) is 0 Å². The van der Waals surface area contributed by atoms with Gasteiger partial charge in [0.15, 0.2) is 23.1 Å². The molecule has 0 heterocycles. The second-order valence-electron chi connectivity index (χ2n) is 3.69. The molecule has 2 aromatic rings. The van der Waals surface area contributed by atoms with E-state index in [2.05, 4.69) is 15.9 Å². The first-order valence-electron chi connectivity index (χ1n) is 5.06. The molecule has 2 aromatic carbocycles. The number of ether oxygens (including phenoxy) is 1. The van der Waals surface area contributed by atoms with Crippen LogP contribution in [0.1, 0.15) is 0 Å². The van der Waals surface area contributed by atoms with E-state index in [1.54, 1.807) is 6.07 Å². The van der Waals surface area contributed by atoms with E-state index < -0.39 is 11.6 Å². The quantitative estimate of drug-likeness (QED) is 0.793. The summed E-state index contributed by atoms with van der Waals surface area (Å²) in [6.45, 7) is 0. The molecule has 4 N–H and O–H groups in total. The van der Waals surface area contributed by atoms with Crippen molar-refractivity contribution in [3.05, 3.63) is 45.4 Å². The highest BCUT2D eigenvalue weighted by Gasteiger charge is 2.17. The van der Waals surface area contributed by atoms with Crippen LogP contribution >= 0.6 is 27.5 Å². The maximum atomic E-state index is 13.9. The van der Waals surface area contributed by atoms with Crippen LogP contribution in [0.5, 0.6) is 11.5 Å². The Bertz CT molecular complexity index is 652. The minimum atomic E-state index is -0.929. The van der Waals surface area contributed by atoms with Gasteiger partial charge in [0.2, 0.25) is 0 Å². The second-order valence-corrected chi connectivity index (χ2v) is 4.98. The lowest BCUT2D eigenvalue weighted by molar-refractivity contribution is 0.417. The Balaban J connectivity index is 2.47. The molecule has 19 heavy (non-hydrogen) atoms. The smallest absolute Gasteiger partial charge is 0.188 e. The summed E-state index contributed by atoms with van der Waals surface area (Å²) in [5.74, 6) is -2.13. The van der Waals surface area contributed by atoms with Crippen LogP contribution in [0, 0.1) is 11.6 Å². The summed E-state index contributed by atoms with van der Waals surface area (Å²) in [5.41, 5.74) is 10.9. The molecule has 0 saturated heterocycles. The summed E-state index contributed by atoms with van der Waals surface area (Å²) < 4.78 is 33.1. The Morgan fingerprint density at radius 3 is 2.42 bits per heavy atom. The first-order valence-corrected chi connectivity index (χ1v) is 6.23. The largest absolute Gasteiger partial charge is 0.449 e. The molecule has 0 atom stereocenters. The molecule has 0 aliphatic carbocycles. The third-order valence-corrected chi connectivity index (χ3v) is 3.20. The van der Waals surface area contributed by atoms with E-state index in [0.717, 1.165) is 0 Å². The molecule has 0 saturated carbocycles. The molecule has 0 bridgehead atoms. The van der Waals surface area contributed by atoms with Crippen molar-refractivity contribution >= 4 is 38.9 Å². The number of rotatable bonds is 2. The van der Waals surface area contributed by atoms with Crippen LogP contribution in [0.4, 0.5) is 20.2 Å². The van der Waals surface area contributed by atoms with Crippen LogP contribution < -0.4 is 16.2 Å². The molecule has 0 fully saturated rings. The van der Waals surface area contributed by atoms with Gasteiger partial charge in [0.05, 0.1) is 11.4 Å². The van der Waals surface area contributed by atoms with Gasteiger partial charge in [-0.2, -0.15) is 0 Å². The van der Waals surface area contributed by atoms with Gasteiger partial charge in [0.25, 0.3) is 0 Å². The van der Waals surface area contributed by atoms with E-state index in [1.165, 1.54) is 18.2 Å². The first-order chi connectivity index (χ1) is 8.90. The van der Waals surface area contributed by atoms with Gasteiger partial charge in [-0.3, -0.25) is 0 Å². The molecule has 2 rings (SSSR count). The Labute approximate surface area is 121 Å². The van der Waals surface area contributed by atoms with Crippen molar-refractivity contribution < 1.29 is 13.5 Å². The summed E-state index contributed by atoms with van der Waals surface area (Å²) in [5, 5.41) is -0.318. The van der Waals surface area contributed by atoms with Gasteiger partial charge in [-0.25, -0.2) is 8.78 Å². The predicted molar refractivity (Wildman–Crippen MR) is 74.4 cm³/mol. The van der Waals surface area contributed by atoms with Gasteiger partial charge in [0.1, 0.15) is 5.02 Å². The van der Waals surface area contributed by atoms with E-state index in [4.69, 9.17) is 27.8 Å². The fourth-order valence-corrected chi connectivity index (χ4v) is 1.89. The lowest BCUT2D eigenvalue weighted by Gasteiger charge is -2.12. The molecular formula is C12H8BrClF2N2O. The van der Waals surface area contributed by atoms with Crippen LogP contribution in [-0.4, -0.2) is 0 Å². The fourth-order valence-electron chi connectivity index (χ4n) is 1.42. The highest BCUT2D eigenvalue weighted by molar-refractivity contribution is 9.10. The molecule has 0 aliphatic heterocycles. The summed E-state index contributed by atoms with van der Waals surface area (Å²) in [4.78, 5) is 0. The van der Waals surface area contributed by atoms with Crippen molar-refractivity contribution in [2.75, 3.05) is 11.5 Å². The average Bonchev–Trinajstić information content (AvgIpc) is 2.34. The molecule has 100 valence electrons. The molecule has 0 aliphatic rings. The summed E-state index contributed by atoms with van der Waals surface area (Å²) in [7, 11) is 0. The maximum absolute atomic E-state index is 13.9. The minimum Gasteiger partial charge on any atom is -0.449 e. The molecule has 3 nitrogen and oxygen atoms in total. The number of hydrogen-bond acceptors (Lipinski definition) is 3. The van der Waals surface area contributed by atoms with Gasteiger partial charge in [-0.15, -0.1) is 0 Å². The van der Waals surface area contributed by atoms with Crippen LogP contribution in [0.15, 0.2) is 28.7 Å². The summed E-state index contributed by atoms with van der Waals surface area (Å²) in [6, 6.07) is 5.31. The lowest BCUT2D eigenvalue weighted by Crippen LogP contribution is -2.00. The number of nitrogens with two attached hydrogens (primary N) is 2. The molecule has 0 aromatic heterocycles. The highest BCUT2D eigenvalue weighted by Crippen LogP contribution is 2.38. The number of hydrogen-bond donors (Lipinski definition) is 2. The fraction of sp³-hybridized carbons (Fsp3) is 0. The van der Waals surface area contributed by atoms with E-state index in [0.29, 0.717) is 4.47 Å². The minimum absolute atomic E-state index is 0.0136. The van der Waals surface area contributed by atoms with Crippen molar-refractivity contribution in [2.45, 2.75) is 0 Å². The van der Waals surface area contributed by atoms with Crippen LogP contribution in [-0.2, 0) is 0 Å². The molecule has 0 amide bonds. The van der Waals surface area contributed by atoms with Crippen LogP contribution in [0.25, 0.3) is 0 Å². The molecular weight excluding hydrogens is 341 g/mol. The van der Waals surface area contributed by atoms with Gasteiger partial charge in [0, 0.05) is 4.47 Å². The van der Waals surface area contributed by atoms with Gasteiger partial charge >= 0.3 is 0 Å². The molecule has 0 radical (unpaired) electrons. The van der Waals surface area contributed by atoms with Gasteiger partial charge < -0.3 is 16.2 Å². The Hall–Kier alpha value is -1.53. The zero-order chi connectivity index (χ0) is 14.2. The Morgan fingerprint density at radius 2 is 1.79 bits per heavy atom. The topological polar surface area (TPSA) is 61.3 Å². The van der Waals surface area contributed by atoms with Crippen molar-refractivity contribution in [1.29, 1.82) is 0 Å². The van der Waals surface area contributed by atoms with E-state index in [9.17, 15) is 8.78 Å². The van der Waals surface area contributed by atoms with Crippen LogP contribution in [0.2, 0.25) is 5.02 Å². The van der Waals surface area contributed by atoms with E-state index >= 15 is 0 Å². The standard InChI is InChI=1S/C12H8BrClF2N2O/c13-5-1-2-9(6(15)3-5)19-12-8(18)4-7(17)10(14)11(12)16/h1-4H,17-18H2. The van der Waals surface area contributed by atoms with Crippen LogP contribution in [0.3, 0.4) is 0 Å². The van der Waals surface area contributed by atoms with E-state index in [1.807, 2.05) is 0 Å².